The zero-order valence-corrected chi connectivity index (χ0v) is 18.9. The Morgan fingerprint density at radius 2 is 1.87 bits per heavy atom. The van der Waals surface area contributed by atoms with Crippen LogP contribution in [0.2, 0.25) is 0 Å². The molecule has 31 heavy (non-hydrogen) atoms. The molecule has 0 bridgehead atoms. The van der Waals surface area contributed by atoms with Gasteiger partial charge in [-0.2, -0.15) is 0 Å². The van der Waals surface area contributed by atoms with Crippen LogP contribution in [-0.4, -0.2) is 52.8 Å². The molecule has 0 radical (unpaired) electrons. The monoisotopic (exact) mass is 440 g/mol. The number of thioether (sulfide) groups is 1. The Morgan fingerprint density at radius 1 is 1.13 bits per heavy atom. The first kappa shape index (κ1) is 22.8. The van der Waals surface area contributed by atoms with Gasteiger partial charge in [-0.3, -0.25) is 9.36 Å². The van der Waals surface area contributed by atoms with Crippen molar-refractivity contribution in [3.63, 3.8) is 0 Å². The van der Waals surface area contributed by atoms with E-state index in [2.05, 4.69) is 15.5 Å². The summed E-state index contributed by atoms with van der Waals surface area (Å²) in [7, 11) is 1.64. The number of ether oxygens (including phenoxy) is 2. The van der Waals surface area contributed by atoms with Crippen LogP contribution < -0.4 is 10.1 Å². The van der Waals surface area contributed by atoms with Crippen molar-refractivity contribution in [2.45, 2.75) is 30.7 Å². The predicted molar refractivity (Wildman–Crippen MR) is 123 cm³/mol. The summed E-state index contributed by atoms with van der Waals surface area (Å²) in [5.74, 6) is 1.45. The van der Waals surface area contributed by atoms with E-state index in [9.17, 15) is 4.79 Å². The van der Waals surface area contributed by atoms with Crippen molar-refractivity contribution in [2.24, 2.45) is 0 Å². The summed E-state index contributed by atoms with van der Waals surface area (Å²) in [6, 6.07) is 17.6. The molecule has 1 N–H and O–H groups in total. The Kier molecular flexibility index (Phi) is 8.49. The van der Waals surface area contributed by atoms with Crippen LogP contribution in [0.25, 0.3) is 17.1 Å². The topological polar surface area (TPSA) is 78.3 Å². The molecule has 0 saturated heterocycles. The molecule has 1 amide bonds. The number of amides is 1. The maximum atomic E-state index is 12.5. The second-order valence-corrected chi connectivity index (χ2v) is 8.12. The molecule has 7 nitrogen and oxygen atoms in total. The van der Waals surface area contributed by atoms with Gasteiger partial charge in [0.15, 0.2) is 11.0 Å². The molecule has 0 aliphatic rings. The van der Waals surface area contributed by atoms with Gasteiger partial charge in [0.05, 0.1) is 12.4 Å². The highest BCUT2D eigenvalue weighted by Crippen LogP contribution is 2.30. The number of benzene rings is 2. The zero-order chi connectivity index (χ0) is 22.1. The number of carbonyl (C=O) groups is 1. The highest BCUT2D eigenvalue weighted by Gasteiger charge is 2.21. The zero-order valence-electron chi connectivity index (χ0n) is 18.1. The van der Waals surface area contributed by atoms with Crippen LogP contribution in [0.4, 0.5) is 0 Å². The van der Waals surface area contributed by atoms with Gasteiger partial charge in [0.1, 0.15) is 5.75 Å². The normalized spacial score (nSPS) is 11.8. The summed E-state index contributed by atoms with van der Waals surface area (Å²) in [5, 5.41) is 12.1. The number of para-hydroxylation sites is 1. The van der Waals surface area contributed by atoms with Crippen LogP contribution in [0.1, 0.15) is 20.3 Å². The van der Waals surface area contributed by atoms with Crippen molar-refractivity contribution in [2.75, 3.05) is 26.9 Å². The first-order valence-electron chi connectivity index (χ1n) is 10.3. The van der Waals surface area contributed by atoms with Gasteiger partial charge in [-0.15, -0.1) is 10.2 Å². The fraction of sp³-hybridized carbons (Fsp3) is 0.348. The number of carbonyl (C=O) groups excluding carboxylic acids is 1. The van der Waals surface area contributed by atoms with Crippen LogP contribution in [0.3, 0.4) is 0 Å². The van der Waals surface area contributed by atoms with Gasteiger partial charge in [0.2, 0.25) is 5.91 Å². The summed E-state index contributed by atoms with van der Waals surface area (Å²) in [6.07, 6.45) is 0.790. The van der Waals surface area contributed by atoms with E-state index < -0.39 is 0 Å². The minimum absolute atomic E-state index is 0.0323. The Balaban J connectivity index is 1.80. The second-order valence-electron chi connectivity index (χ2n) is 6.81. The molecule has 1 aromatic heterocycles. The largest absolute Gasteiger partial charge is 0.497 e. The van der Waals surface area contributed by atoms with Crippen molar-refractivity contribution in [1.82, 2.24) is 20.1 Å². The molecule has 0 aliphatic heterocycles. The Labute approximate surface area is 187 Å². The van der Waals surface area contributed by atoms with Crippen molar-refractivity contribution in [1.29, 1.82) is 0 Å². The number of nitrogens with zero attached hydrogens (tertiary/aromatic N) is 3. The molecule has 0 saturated carbocycles. The van der Waals surface area contributed by atoms with E-state index in [1.807, 2.05) is 73.0 Å². The molecule has 3 rings (SSSR count). The van der Waals surface area contributed by atoms with E-state index in [1.54, 1.807) is 7.11 Å². The van der Waals surface area contributed by atoms with Crippen molar-refractivity contribution >= 4 is 17.7 Å². The van der Waals surface area contributed by atoms with Gasteiger partial charge in [-0.05, 0) is 56.7 Å². The van der Waals surface area contributed by atoms with E-state index in [-0.39, 0.29) is 11.2 Å². The third-order valence-electron chi connectivity index (χ3n) is 4.62. The Bertz CT molecular complexity index is 961. The average molecular weight is 441 g/mol. The molecule has 3 aromatic rings. The van der Waals surface area contributed by atoms with Gasteiger partial charge in [-0.1, -0.05) is 30.0 Å². The van der Waals surface area contributed by atoms with E-state index >= 15 is 0 Å². The highest BCUT2D eigenvalue weighted by molar-refractivity contribution is 8.00. The maximum absolute atomic E-state index is 12.5. The lowest BCUT2D eigenvalue weighted by Gasteiger charge is -2.14. The Morgan fingerprint density at radius 3 is 2.55 bits per heavy atom. The molecule has 0 spiro atoms. The lowest BCUT2D eigenvalue weighted by Crippen LogP contribution is -2.32. The molecule has 0 fully saturated rings. The molecule has 8 heteroatoms. The standard InChI is InChI=1S/C23H28N4O3S/c1-4-30-16-8-15-24-22(28)17(2)31-23-26-25-21(18-11-13-20(29-3)14-12-18)27(23)19-9-6-5-7-10-19/h5-7,9-14,17H,4,8,15-16H2,1-3H3,(H,24,28). The second kappa shape index (κ2) is 11.5. The fourth-order valence-electron chi connectivity index (χ4n) is 2.97. The van der Waals surface area contributed by atoms with E-state index in [0.29, 0.717) is 30.7 Å². The summed E-state index contributed by atoms with van der Waals surface area (Å²) in [5.41, 5.74) is 1.85. The van der Waals surface area contributed by atoms with E-state index in [4.69, 9.17) is 9.47 Å². The van der Waals surface area contributed by atoms with Gasteiger partial charge in [0, 0.05) is 31.0 Å². The number of aromatic nitrogens is 3. The van der Waals surface area contributed by atoms with Gasteiger partial charge in [0.25, 0.3) is 0 Å². The van der Waals surface area contributed by atoms with Crippen LogP contribution >= 0.6 is 11.8 Å². The molecule has 1 atom stereocenters. The van der Waals surface area contributed by atoms with Crippen LogP contribution in [0.15, 0.2) is 59.8 Å². The van der Waals surface area contributed by atoms with E-state index in [0.717, 1.165) is 23.4 Å². The number of hydrogen-bond acceptors (Lipinski definition) is 6. The van der Waals surface area contributed by atoms with Crippen molar-refractivity contribution < 1.29 is 14.3 Å². The average Bonchev–Trinajstić information content (AvgIpc) is 3.22. The molecule has 2 aromatic carbocycles. The van der Waals surface area contributed by atoms with Gasteiger partial charge in [-0.25, -0.2) is 0 Å². The third-order valence-corrected chi connectivity index (χ3v) is 5.66. The molecular weight excluding hydrogens is 412 g/mol. The predicted octanol–water partition coefficient (Wildman–Crippen LogP) is 3.97. The lowest BCUT2D eigenvalue weighted by atomic mass is 10.2. The quantitative estimate of drug-likeness (QED) is 0.359. The number of rotatable bonds is 11. The third kappa shape index (κ3) is 6.08. The number of hydrogen-bond donors (Lipinski definition) is 1. The Hall–Kier alpha value is -2.84. The fourth-order valence-corrected chi connectivity index (χ4v) is 3.86. The molecule has 1 unspecified atom stereocenters. The summed E-state index contributed by atoms with van der Waals surface area (Å²) in [4.78, 5) is 12.5. The molecular formula is C23H28N4O3S. The van der Waals surface area contributed by atoms with Crippen LogP contribution in [-0.2, 0) is 9.53 Å². The lowest BCUT2D eigenvalue weighted by molar-refractivity contribution is -0.120. The smallest absolute Gasteiger partial charge is 0.233 e. The molecule has 0 aliphatic carbocycles. The van der Waals surface area contributed by atoms with Gasteiger partial charge < -0.3 is 14.8 Å². The molecule has 164 valence electrons. The van der Waals surface area contributed by atoms with E-state index in [1.165, 1.54) is 11.8 Å². The number of nitrogens with one attached hydrogen (secondary N) is 1. The minimum Gasteiger partial charge on any atom is -0.497 e. The van der Waals surface area contributed by atoms with Crippen LogP contribution in [0, 0.1) is 0 Å². The number of methoxy groups -OCH3 is 1. The van der Waals surface area contributed by atoms with Crippen molar-refractivity contribution in [3.05, 3.63) is 54.6 Å². The summed E-state index contributed by atoms with van der Waals surface area (Å²) >= 11 is 1.39. The van der Waals surface area contributed by atoms with Gasteiger partial charge >= 0.3 is 0 Å². The minimum atomic E-state index is -0.317. The van der Waals surface area contributed by atoms with Crippen LogP contribution in [0.5, 0.6) is 5.75 Å². The molecule has 1 heterocycles. The highest BCUT2D eigenvalue weighted by atomic mass is 32.2. The first-order valence-corrected chi connectivity index (χ1v) is 11.2. The SMILES string of the molecule is CCOCCCNC(=O)C(C)Sc1nnc(-c2ccc(OC)cc2)n1-c1ccccc1. The summed E-state index contributed by atoms with van der Waals surface area (Å²) < 4.78 is 12.5. The summed E-state index contributed by atoms with van der Waals surface area (Å²) in [6.45, 7) is 5.75. The first-order chi connectivity index (χ1) is 15.1. The van der Waals surface area contributed by atoms with Crippen molar-refractivity contribution in [3.8, 4) is 22.8 Å². The maximum Gasteiger partial charge on any atom is 0.233 e.